The summed E-state index contributed by atoms with van der Waals surface area (Å²) < 4.78 is 41.0. The molecule has 0 bridgehead atoms. The van der Waals surface area contributed by atoms with E-state index in [2.05, 4.69) is 20.7 Å². The number of halogens is 2. The molecule has 1 rings (SSSR count). The van der Waals surface area contributed by atoms with Crippen molar-refractivity contribution in [3.8, 4) is 0 Å². The van der Waals surface area contributed by atoms with Crippen LogP contribution in [-0.4, -0.2) is 26.0 Å². The van der Waals surface area contributed by atoms with Gasteiger partial charge < -0.3 is 0 Å². The minimum absolute atomic E-state index is 0.154. The monoisotopic (exact) mass is 383 g/mol. The third kappa shape index (κ3) is 4.19. The van der Waals surface area contributed by atoms with Gasteiger partial charge in [0.2, 0.25) is 10.0 Å². The molecule has 3 nitrogen and oxygen atoms in total. The lowest BCUT2D eigenvalue weighted by Gasteiger charge is -2.29. The first-order valence-corrected chi connectivity index (χ1v) is 9.80. The molecule has 0 heterocycles. The molecule has 0 atom stereocenters. The Morgan fingerprint density at radius 2 is 1.95 bits per heavy atom. The second-order valence-electron chi connectivity index (χ2n) is 4.49. The van der Waals surface area contributed by atoms with Crippen molar-refractivity contribution in [2.45, 2.75) is 36.3 Å². The van der Waals surface area contributed by atoms with Gasteiger partial charge in [0.05, 0.1) is 0 Å². The maximum absolute atomic E-state index is 13.8. The van der Waals surface area contributed by atoms with Gasteiger partial charge in [0.25, 0.3) is 0 Å². The predicted molar refractivity (Wildman–Crippen MR) is 86.1 cm³/mol. The average Bonchev–Trinajstić information content (AvgIpc) is 2.40. The van der Waals surface area contributed by atoms with Gasteiger partial charge in [-0.2, -0.15) is 11.8 Å². The Bertz CT molecular complexity index is 551. The summed E-state index contributed by atoms with van der Waals surface area (Å²) in [5, 5.41) is 0. The molecule has 0 spiro atoms. The highest BCUT2D eigenvalue weighted by molar-refractivity contribution is 9.10. The molecule has 7 heteroatoms. The van der Waals surface area contributed by atoms with Gasteiger partial charge in [-0.15, -0.1) is 0 Å². The zero-order valence-electron chi connectivity index (χ0n) is 11.7. The summed E-state index contributed by atoms with van der Waals surface area (Å²) in [5.41, 5.74) is 0. The van der Waals surface area contributed by atoms with Crippen LogP contribution in [0.3, 0.4) is 0 Å². The highest BCUT2D eigenvalue weighted by Crippen LogP contribution is 2.30. The molecule has 0 aliphatic carbocycles. The SMILES string of the molecule is CCC(CC)(CNS(=O)(=O)c1ccc(Br)cc1F)SC. The summed E-state index contributed by atoms with van der Waals surface area (Å²) in [6.07, 6.45) is 3.65. The first-order valence-electron chi connectivity index (χ1n) is 6.30. The number of hydrogen-bond acceptors (Lipinski definition) is 3. The molecule has 20 heavy (non-hydrogen) atoms. The van der Waals surface area contributed by atoms with Gasteiger partial charge in [-0.1, -0.05) is 29.8 Å². The van der Waals surface area contributed by atoms with E-state index in [0.717, 1.165) is 18.9 Å². The van der Waals surface area contributed by atoms with E-state index in [-0.39, 0.29) is 9.64 Å². The molecule has 1 aromatic carbocycles. The minimum atomic E-state index is -3.83. The highest BCUT2D eigenvalue weighted by Gasteiger charge is 2.28. The number of thioether (sulfide) groups is 1. The molecule has 0 radical (unpaired) electrons. The molecule has 114 valence electrons. The quantitative estimate of drug-likeness (QED) is 0.778. The van der Waals surface area contributed by atoms with Crippen molar-refractivity contribution in [2.24, 2.45) is 0 Å². The maximum atomic E-state index is 13.8. The maximum Gasteiger partial charge on any atom is 0.243 e. The zero-order valence-corrected chi connectivity index (χ0v) is 15.0. The molecule has 0 unspecified atom stereocenters. The first-order chi connectivity index (χ1) is 9.30. The minimum Gasteiger partial charge on any atom is -0.210 e. The summed E-state index contributed by atoms with van der Waals surface area (Å²) in [5.74, 6) is -0.755. The number of hydrogen-bond donors (Lipinski definition) is 1. The normalized spacial score (nSPS) is 12.7. The molecule has 1 N–H and O–H groups in total. The lowest BCUT2D eigenvalue weighted by Crippen LogP contribution is -2.39. The van der Waals surface area contributed by atoms with Gasteiger partial charge in [0.1, 0.15) is 10.7 Å². The van der Waals surface area contributed by atoms with E-state index >= 15 is 0 Å². The van der Waals surface area contributed by atoms with Gasteiger partial charge in [-0.25, -0.2) is 17.5 Å². The number of rotatable bonds is 7. The van der Waals surface area contributed by atoms with Crippen LogP contribution in [0.15, 0.2) is 27.6 Å². The van der Waals surface area contributed by atoms with Crippen molar-refractivity contribution in [3.63, 3.8) is 0 Å². The first kappa shape index (κ1) is 17.9. The van der Waals surface area contributed by atoms with Gasteiger partial charge in [-0.05, 0) is 37.3 Å². The van der Waals surface area contributed by atoms with E-state index < -0.39 is 15.8 Å². The molecule has 0 fully saturated rings. The van der Waals surface area contributed by atoms with E-state index in [1.807, 2.05) is 20.1 Å². The smallest absolute Gasteiger partial charge is 0.210 e. The molecular formula is C13H19BrFNO2S2. The van der Waals surface area contributed by atoms with Crippen molar-refractivity contribution in [1.29, 1.82) is 0 Å². The Balaban J connectivity index is 2.96. The van der Waals surface area contributed by atoms with Crippen molar-refractivity contribution in [1.82, 2.24) is 4.72 Å². The topological polar surface area (TPSA) is 46.2 Å². The summed E-state index contributed by atoms with van der Waals surface area (Å²) in [7, 11) is -3.83. The lowest BCUT2D eigenvalue weighted by molar-refractivity contribution is 0.516. The van der Waals surface area contributed by atoms with Crippen molar-refractivity contribution >= 4 is 37.7 Å². The third-order valence-electron chi connectivity index (χ3n) is 3.49. The summed E-state index contributed by atoms with van der Waals surface area (Å²) in [6.45, 7) is 4.34. The Labute approximate surface area is 132 Å². The van der Waals surface area contributed by atoms with E-state index in [1.54, 1.807) is 11.8 Å². The predicted octanol–water partition coefficient (Wildman–Crippen LogP) is 3.79. The number of nitrogens with one attached hydrogen (secondary N) is 1. The molecule has 0 aliphatic heterocycles. The summed E-state index contributed by atoms with van der Waals surface area (Å²) in [4.78, 5) is -0.317. The number of sulfonamides is 1. The fourth-order valence-electron chi connectivity index (χ4n) is 1.86. The molecule has 0 amide bonds. The van der Waals surface area contributed by atoms with Crippen LogP contribution in [0.5, 0.6) is 0 Å². The van der Waals surface area contributed by atoms with Crippen LogP contribution in [0.2, 0.25) is 0 Å². The lowest BCUT2D eigenvalue weighted by atomic mass is 10.0. The Morgan fingerprint density at radius 1 is 1.35 bits per heavy atom. The molecule has 0 aromatic heterocycles. The molecule has 1 aromatic rings. The van der Waals surface area contributed by atoms with Crippen LogP contribution in [0.1, 0.15) is 26.7 Å². The van der Waals surface area contributed by atoms with Crippen LogP contribution in [0.25, 0.3) is 0 Å². The Kier molecular flexibility index (Phi) is 6.50. The summed E-state index contributed by atoms with van der Waals surface area (Å²) >= 11 is 4.74. The van der Waals surface area contributed by atoms with Crippen LogP contribution in [0, 0.1) is 5.82 Å². The van der Waals surface area contributed by atoms with E-state index in [0.29, 0.717) is 11.0 Å². The van der Waals surface area contributed by atoms with Gasteiger partial charge >= 0.3 is 0 Å². The van der Waals surface area contributed by atoms with Gasteiger partial charge in [0, 0.05) is 15.8 Å². The van der Waals surface area contributed by atoms with Crippen LogP contribution >= 0.6 is 27.7 Å². The van der Waals surface area contributed by atoms with E-state index in [1.165, 1.54) is 12.1 Å². The molecular weight excluding hydrogens is 365 g/mol. The second kappa shape index (κ2) is 7.24. The highest BCUT2D eigenvalue weighted by atomic mass is 79.9. The fourth-order valence-corrected chi connectivity index (χ4v) is 4.26. The van der Waals surface area contributed by atoms with Crippen molar-refractivity contribution in [3.05, 3.63) is 28.5 Å². The van der Waals surface area contributed by atoms with Gasteiger partial charge in [0.15, 0.2) is 0 Å². The second-order valence-corrected chi connectivity index (χ2v) is 8.42. The summed E-state index contributed by atoms with van der Waals surface area (Å²) in [6, 6.07) is 3.93. The van der Waals surface area contributed by atoms with Crippen LogP contribution < -0.4 is 4.72 Å². The molecule has 0 aliphatic rings. The Hall–Kier alpha value is -0.110. The fraction of sp³-hybridized carbons (Fsp3) is 0.538. The zero-order chi connectivity index (χ0) is 15.4. The van der Waals surface area contributed by atoms with Crippen molar-refractivity contribution < 1.29 is 12.8 Å². The molecule has 0 saturated carbocycles. The Morgan fingerprint density at radius 3 is 2.40 bits per heavy atom. The van der Waals surface area contributed by atoms with Crippen LogP contribution in [0.4, 0.5) is 4.39 Å². The largest absolute Gasteiger partial charge is 0.243 e. The standard InChI is InChI=1S/C13H19BrFNO2S2/c1-4-13(5-2,19-3)9-16-20(17,18)12-7-6-10(14)8-11(12)15/h6-8,16H,4-5,9H2,1-3H3. The molecule has 0 saturated heterocycles. The number of benzene rings is 1. The van der Waals surface area contributed by atoms with E-state index in [4.69, 9.17) is 0 Å². The van der Waals surface area contributed by atoms with Crippen molar-refractivity contribution in [2.75, 3.05) is 12.8 Å². The average molecular weight is 384 g/mol. The van der Waals surface area contributed by atoms with E-state index in [9.17, 15) is 12.8 Å². The van der Waals surface area contributed by atoms with Gasteiger partial charge in [-0.3, -0.25) is 0 Å². The third-order valence-corrected chi connectivity index (χ3v) is 7.00. The van der Waals surface area contributed by atoms with Crippen LogP contribution in [-0.2, 0) is 10.0 Å².